The molecule has 2 aromatic rings. The summed E-state index contributed by atoms with van der Waals surface area (Å²) in [7, 11) is 0. The molecule has 0 radical (unpaired) electrons. The van der Waals surface area contributed by atoms with E-state index in [-0.39, 0.29) is 36.7 Å². The number of hydrogen-bond donors (Lipinski definition) is 3. The summed E-state index contributed by atoms with van der Waals surface area (Å²) in [6.07, 6.45) is -2.78. The predicted octanol–water partition coefficient (Wildman–Crippen LogP) is 4.12. The third-order valence-corrected chi connectivity index (χ3v) is 10.8. The van der Waals surface area contributed by atoms with Gasteiger partial charge in [0.2, 0.25) is 0 Å². The number of fused-ring (bicyclic) bond motifs is 1. The summed E-state index contributed by atoms with van der Waals surface area (Å²) in [6, 6.07) is 12.3. The normalized spacial score (nSPS) is 21.6. The van der Waals surface area contributed by atoms with E-state index in [0.29, 0.717) is 90.8 Å². The van der Waals surface area contributed by atoms with Crippen LogP contribution >= 0.6 is 0 Å². The van der Waals surface area contributed by atoms with E-state index < -0.39 is 35.4 Å². The molecule has 4 aliphatic heterocycles. The van der Waals surface area contributed by atoms with Crippen LogP contribution in [0.4, 0.5) is 28.4 Å². The molecule has 6 rings (SSSR count). The van der Waals surface area contributed by atoms with E-state index in [4.69, 9.17) is 4.74 Å². The molecule has 0 unspecified atom stereocenters. The number of urea groups is 1. The number of anilines is 1. The second-order valence-electron chi connectivity index (χ2n) is 14.0. The van der Waals surface area contributed by atoms with Gasteiger partial charge in [-0.1, -0.05) is 36.4 Å². The molecule has 3 fully saturated rings. The molecule has 50 heavy (non-hydrogen) atoms. The monoisotopic (exact) mass is 701 g/mol. The van der Waals surface area contributed by atoms with E-state index in [0.717, 1.165) is 23.4 Å². The Kier molecular flexibility index (Phi) is 10.9. The number of nitrogens with zero attached hydrogens (tertiary/aromatic N) is 4. The fraction of sp³-hybridized carbons (Fsp3) is 0.583. The Morgan fingerprint density at radius 2 is 1.56 bits per heavy atom. The smallest absolute Gasteiger partial charge is 0.416 e. The summed E-state index contributed by atoms with van der Waals surface area (Å²) >= 11 is 0. The Bertz CT molecular complexity index is 1520. The molecule has 0 aromatic heterocycles. The second-order valence-corrected chi connectivity index (χ2v) is 14.0. The lowest BCUT2D eigenvalue weighted by atomic mass is 9.90. The highest BCUT2D eigenvalue weighted by Gasteiger charge is 2.39. The summed E-state index contributed by atoms with van der Waals surface area (Å²) in [5.74, 6) is -0.446. The summed E-state index contributed by atoms with van der Waals surface area (Å²) < 4.78 is 46.4. The first-order valence-electron chi connectivity index (χ1n) is 17.6. The molecule has 0 bridgehead atoms. The third kappa shape index (κ3) is 8.35. The minimum absolute atomic E-state index is 0.0884. The number of likely N-dealkylation sites (tertiary alicyclic amines) is 3. The van der Waals surface area contributed by atoms with Gasteiger partial charge in [-0.15, -0.1) is 0 Å². The number of ether oxygens (including phenoxy) is 1. The van der Waals surface area contributed by atoms with E-state index in [1.54, 1.807) is 4.90 Å². The maximum absolute atomic E-state index is 13.9. The average Bonchev–Trinajstić information content (AvgIpc) is 3.29. The second kappa shape index (κ2) is 15.2. The number of aliphatic hydroxyl groups is 2. The maximum Gasteiger partial charge on any atom is 0.416 e. The lowest BCUT2D eigenvalue weighted by molar-refractivity contribution is -0.143. The van der Waals surface area contributed by atoms with Gasteiger partial charge in [0.15, 0.2) is 6.10 Å². The molecule has 272 valence electrons. The van der Waals surface area contributed by atoms with E-state index in [1.807, 2.05) is 29.2 Å². The first-order valence-corrected chi connectivity index (χ1v) is 17.6. The standard InChI is InChI=1S/C36H46F3N5O6/c37-36(38,39)27-6-3-4-25(22-27)23-31(32(46)42-15-9-28(10-16-42)41-20-13-35(49,24-45)14-21-41)50-34(48)43-17-11-29(12-18-43)44-19-8-26-5-1-2-7-30(26)40-33(44)47/h1-7,22,28-29,31,45,49H,8-21,23-24H2,(H,40,47)/t31-/m1/s1. The van der Waals surface area contributed by atoms with Crippen LogP contribution in [0.15, 0.2) is 48.5 Å². The number of aliphatic hydroxyl groups excluding tert-OH is 1. The van der Waals surface area contributed by atoms with Crippen LogP contribution in [0.3, 0.4) is 0 Å². The van der Waals surface area contributed by atoms with Crippen LogP contribution in [-0.2, 0) is 28.5 Å². The van der Waals surface area contributed by atoms with Gasteiger partial charge >= 0.3 is 18.3 Å². The largest absolute Gasteiger partial charge is 0.436 e. The molecule has 14 heteroatoms. The van der Waals surface area contributed by atoms with Crippen molar-refractivity contribution in [3.05, 3.63) is 65.2 Å². The Balaban J connectivity index is 1.08. The van der Waals surface area contributed by atoms with Crippen molar-refractivity contribution in [2.45, 2.75) is 81.3 Å². The summed E-state index contributed by atoms with van der Waals surface area (Å²) in [5.41, 5.74) is 0.191. The highest BCUT2D eigenvalue weighted by atomic mass is 19.4. The maximum atomic E-state index is 13.9. The number of carbonyl (C=O) groups excluding carboxylic acids is 3. The number of benzene rings is 2. The lowest BCUT2D eigenvalue weighted by Gasteiger charge is -2.44. The molecule has 4 aliphatic rings. The number of alkyl halides is 3. The van der Waals surface area contributed by atoms with Gasteiger partial charge in [-0.3, -0.25) is 4.79 Å². The van der Waals surface area contributed by atoms with Gasteiger partial charge in [0.25, 0.3) is 5.91 Å². The predicted molar refractivity (Wildman–Crippen MR) is 178 cm³/mol. The van der Waals surface area contributed by atoms with Crippen LogP contribution in [0.5, 0.6) is 0 Å². The molecule has 1 atom stereocenters. The molecule has 3 N–H and O–H groups in total. The third-order valence-electron chi connectivity index (χ3n) is 10.8. The molecule has 4 heterocycles. The molecule has 3 saturated heterocycles. The van der Waals surface area contributed by atoms with Gasteiger partial charge in [-0.2, -0.15) is 13.2 Å². The van der Waals surface area contributed by atoms with Crippen molar-refractivity contribution in [2.75, 3.05) is 57.7 Å². The number of amides is 4. The van der Waals surface area contributed by atoms with E-state index >= 15 is 0 Å². The topological polar surface area (TPSA) is 126 Å². The lowest BCUT2D eigenvalue weighted by Crippen LogP contribution is -2.54. The molecule has 0 saturated carbocycles. The van der Waals surface area contributed by atoms with Crippen molar-refractivity contribution in [1.82, 2.24) is 19.6 Å². The van der Waals surface area contributed by atoms with Crippen molar-refractivity contribution < 1.29 is 42.5 Å². The van der Waals surface area contributed by atoms with E-state index in [1.165, 1.54) is 17.0 Å². The van der Waals surface area contributed by atoms with Crippen LogP contribution in [0.1, 0.15) is 55.2 Å². The van der Waals surface area contributed by atoms with Gasteiger partial charge in [0.1, 0.15) is 0 Å². The Hall–Kier alpha value is -3.88. The Morgan fingerprint density at radius 1 is 0.900 bits per heavy atom. The molecule has 2 aromatic carbocycles. The SMILES string of the molecule is O=C(O[C@H](Cc1cccc(C(F)(F)F)c1)C(=O)N1CCC(N2CCC(O)(CO)CC2)CC1)N1CCC(N2CCc3ccccc3NC2=O)CC1. The molecule has 0 aliphatic carbocycles. The minimum atomic E-state index is -4.56. The van der Waals surface area contributed by atoms with Crippen LogP contribution < -0.4 is 5.32 Å². The fourth-order valence-corrected chi connectivity index (χ4v) is 7.68. The number of rotatable bonds is 7. The quantitative estimate of drug-likeness (QED) is 0.397. The number of para-hydroxylation sites is 1. The number of hydrogen-bond acceptors (Lipinski definition) is 7. The van der Waals surface area contributed by atoms with E-state index in [2.05, 4.69) is 10.2 Å². The van der Waals surface area contributed by atoms with Gasteiger partial charge in [-0.25, -0.2) is 9.59 Å². The Labute approximate surface area is 289 Å². The molecule has 11 nitrogen and oxygen atoms in total. The van der Waals surface area contributed by atoms with Crippen LogP contribution in [0.25, 0.3) is 0 Å². The minimum Gasteiger partial charge on any atom is -0.436 e. The summed E-state index contributed by atoms with van der Waals surface area (Å²) in [4.78, 5) is 47.7. The fourth-order valence-electron chi connectivity index (χ4n) is 7.68. The zero-order chi connectivity index (χ0) is 35.5. The van der Waals surface area contributed by atoms with Gasteiger partial charge in [-0.05, 0) is 68.2 Å². The molecular weight excluding hydrogens is 655 g/mol. The first-order chi connectivity index (χ1) is 23.9. The van der Waals surface area contributed by atoms with Crippen molar-refractivity contribution in [3.63, 3.8) is 0 Å². The zero-order valence-corrected chi connectivity index (χ0v) is 28.1. The summed E-state index contributed by atoms with van der Waals surface area (Å²) in [5, 5.41) is 22.9. The summed E-state index contributed by atoms with van der Waals surface area (Å²) in [6.45, 7) is 2.95. The zero-order valence-electron chi connectivity index (χ0n) is 28.1. The highest BCUT2D eigenvalue weighted by molar-refractivity contribution is 5.91. The van der Waals surface area contributed by atoms with Crippen LogP contribution in [0, 0.1) is 0 Å². The molecule has 0 spiro atoms. The van der Waals surface area contributed by atoms with Crippen molar-refractivity contribution in [2.24, 2.45) is 0 Å². The first kappa shape index (κ1) is 35.9. The highest BCUT2D eigenvalue weighted by Crippen LogP contribution is 2.31. The van der Waals surface area contributed by atoms with Gasteiger partial charge in [0, 0.05) is 70.0 Å². The van der Waals surface area contributed by atoms with Crippen LogP contribution in [-0.4, -0.2) is 124 Å². The number of piperidine rings is 3. The Morgan fingerprint density at radius 3 is 2.24 bits per heavy atom. The van der Waals surface area contributed by atoms with Gasteiger partial charge in [0.05, 0.1) is 17.8 Å². The molecular formula is C36H46F3N5O6. The van der Waals surface area contributed by atoms with E-state index in [9.17, 15) is 37.8 Å². The van der Waals surface area contributed by atoms with Crippen LogP contribution in [0.2, 0.25) is 0 Å². The van der Waals surface area contributed by atoms with Gasteiger partial charge < -0.3 is 39.9 Å². The number of carbonyl (C=O) groups is 3. The van der Waals surface area contributed by atoms with Crippen molar-refractivity contribution in [1.29, 1.82) is 0 Å². The number of halogens is 3. The molecule has 4 amide bonds. The number of nitrogens with one attached hydrogen (secondary N) is 1. The van der Waals surface area contributed by atoms with Crippen molar-refractivity contribution >= 4 is 23.7 Å². The van der Waals surface area contributed by atoms with Crippen molar-refractivity contribution in [3.8, 4) is 0 Å². The average molecular weight is 702 g/mol.